The Morgan fingerprint density at radius 3 is 2.40 bits per heavy atom. The van der Waals surface area contributed by atoms with Crippen LogP contribution >= 0.6 is 0 Å². The first-order valence-electron chi connectivity index (χ1n) is 6.25. The number of halogens is 1. The third-order valence-corrected chi connectivity index (χ3v) is 2.71. The smallest absolute Gasteiger partial charge is 0.316 e. The molecule has 2 aromatic carbocycles. The summed E-state index contributed by atoms with van der Waals surface area (Å²) in [6.07, 6.45) is 0. The van der Waals surface area contributed by atoms with Gasteiger partial charge in [0.15, 0.2) is 0 Å². The first-order chi connectivity index (χ1) is 9.69. The molecule has 0 spiro atoms. The molecule has 104 valence electrons. The molecule has 2 aromatic rings. The van der Waals surface area contributed by atoms with Gasteiger partial charge >= 0.3 is 6.03 Å². The van der Waals surface area contributed by atoms with Crippen molar-refractivity contribution < 1.29 is 9.18 Å². The highest BCUT2D eigenvalue weighted by molar-refractivity contribution is 5.99. The molecule has 5 heteroatoms. The Morgan fingerprint density at radius 2 is 1.75 bits per heavy atom. The fourth-order valence-corrected chi connectivity index (χ4v) is 1.76. The lowest BCUT2D eigenvalue weighted by molar-refractivity contribution is 0.262. The molecular formula is C15H16FN3O. The van der Waals surface area contributed by atoms with E-state index in [1.807, 2.05) is 19.2 Å². The van der Waals surface area contributed by atoms with Crippen LogP contribution in [0.5, 0.6) is 0 Å². The molecule has 4 nitrogen and oxygen atoms in total. The standard InChI is InChI=1S/C15H16FN3O/c1-17-10-11-6-8-12(9-7-11)18-15(20)19-14-5-3-2-4-13(14)16/h2-9,17H,10H2,1H3,(H2,18,19,20). The number of rotatable bonds is 4. The number of carbonyl (C=O) groups is 1. The lowest BCUT2D eigenvalue weighted by Crippen LogP contribution is -2.20. The van der Waals surface area contributed by atoms with Crippen LogP contribution in [-0.4, -0.2) is 13.1 Å². The maximum absolute atomic E-state index is 13.4. The summed E-state index contributed by atoms with van der Waals surface area (Å²) in [6.45, 7) is 0.766. The van der Waals surface area contributed by atoms with Crippen LogP contribution in [0.2, 0.25) is 0 Å². The van der Waals surface area contributed by atoms with Crippen molar-refractivity contribution in [1.82, 2.24) is 5.32 Å². The van der Waals surface area contributed by atoms with Crippen molar-refractivity contribution in [2.24, 2.45) is 0 Å². The summed E-state index contributed by atoms with van der Waals surface area (Å²) in [5, 5.41) is 8.15. The van der Waals surface area contributed by atoms with E-state index in [9.17, 15) is 9.18 Å². The van der Waals surface area contributed by atoms with Gasteiger partial charge in [-0.05, 0) is 36.9 Å². The number of amides is 2. The van der Waals surface area contributed by atoms with Gasteiger partial charge in [0.05, 0.1) is 5.69 Å². The van der Waals surface area contributed by atoms with Crippen molar-refractivity contribution in [3.8, 4) is 0 Å². The molecule has 0 bridgehead atoms. The highest BCUT2D eigenvalue weighted by Gasteiger charge is 2.06. The molecule has 2 amide bonds. The van der Waals surface area contributed by atoms with Crippen LogP contribution in [0.3, 0.4) is 0 Å². The summed E-state index contributed by atoms with van der Waals surface area (Å²) in [5.41, 5.74) is 1.92. The highest BCUT2D eigenvalue weighted by Crippen LogP contribution is 2.14. The van der Waals surface area contributed by atoms with Gasteiger partial charge in [-0.15, -0.1) is 0 Å². The van der Waals surface area contributed by atoms with E-state index < -0.39 is 11.8 Å². The minimum absolute atomic E-state index is 0.150. The number of carbonyl (C=O) groups excluding carboxylic acids is 1. The van der Waals surface area contributed by atoms with Gasteiger partial charge < -0.3 is 16.0 Å². The molecule has 0 atom stereocenters. The maximum atomic E-state index is 13.4. The lowest BCUT2D eigenvalue weighted by atomic mass is 10.2. The largest absolute Gasteiger partial charge is 0.323 e. The zero-order chi connectivity index (χ0) is 14.4. The van der Waals surface area contributed by atoms with Gasteiger partial charge in [0.1, 0.15) is 5.82 Å². The van der Waals surface area contributed by atoms with E-state index in [4.69, 9.17) is 0 Å². The Hall–Kier alpha value is -2.40. The number of nitrogens with one attached hydrogen (secondary N) is 3. The first kappa shape index (κ1) is 14.0. The van der Waals surface area contributed by atoms with Crippen molar-refractivity contribution in [3.63, 3.8) is 0 Å². The van der Waals surface area contributed by atoms with Gasteiger partial charge in [-0.2, -0.15) is 0 Å². The van der Waals surface area contributed by atoms with Crippen molar-refractivity contribution >= 4 is 17.4 Å². The van der Waals surface area contributed by atoms with Crippen LogP contribution in [0.4, 0.5) is 20.6 Å². The number of benzene rings is 2. The molecule has 0 radical (unpaired) electrons. The third-order valence-electron chi connectivity index (χ3n) is 2.71. The van der Waals surface area contributed by atoms with Gasteiger partial charge in [0, 0.05) is 12.2 Å². The van der Waals surface area contributed by atoms with Crippen LogP contribution < -0.4 is 16.0 Å². The van der Waals surface area contributed by atoms with E-state index in [0.29, 0.717) is 5.69 Å². The van der Waals surface area contributed by atoms with Crippen molar-refractivity contribution in [2.75, 3.05) is 17.7 Å². The normalized spacial score (nSPS) is 10.1. The predicted octanol–water partition coefficient (Wildman–Crippen LogP) is 3.19. The van der Waals surface area contributed by atoms with Crippen molar-refractivity contribution in [1.29, 1.82) is 0 Å². The van der Waals surface area contributed by atoms with Crippen LogP contribution in [0.25, 0.3) is 0 Å². The SMILES string of the molecule is CNCc1ccc(NC(=O)Nc2ccccc2F)cc1. The van der Waals surface area contributed by atoms with Gasteiger partial charge in [-0.3, -0.25) is 0 Å². The van der Waals surface area contributed by atoms with Crippen molar-refractivity contribution in [3.05, 3.63) is 59.9 Å². The second-order valence-electron chi connectivity index (χ2n) is 4.29. The van der Waals surface area contributed by atoms with E-state index in [0.717, 1.165) is 12.1 Å². The summed E-state index contributed by atoms with van der Waals surface area (Å²) in [7, 11) is 1.87. The Kier molecular flexibility index (Phi) is 4.68. The summed E-state index contributed by atoms with van der Waals surface area (Å²) in [4.78, 5) is 11.7. The molecule has 0 unspecified atom stereocenters. The van der Waals surface area contributed by atoms with Crippen LogP contribution in [0.15, 0.2) is 48.5 Å². The number of anilines is 2. The van der Waals surface area contributed by atoms with Gasteiger partial charge in [-0.25, -0.2) is 9.18 Å². The molecule has 0 aromatic heterocycles. The fourth-order valence-electron chi connectivity index (χ4n) is 1.76. The van der Waals surface area contributed by atoms with Crippen LogP contribution in [0, 0.1) is 5.82 Å². The minimum atomic E-state index is -0.475. The Labute approximate surface area is 117 Å². The number of para-hydroxylation sites is 1. The van der Waals surface area contributed by atoms with E-state index >= 15 is 0 Å². The predicted molar refractivity (Wildman–Crippen MR) is 78.2 cm³/mol. The lowest BCUT2D eigenvalue weighted by Gasteiger charge is -2.09. The second kappa shape index (κ2) is 6.68. The molecule has 20 heavy (non-hydrogen) atoms. The topological polar surface area (TPSA) is 53.2 Å². The molecule has 0 aliphatic rings. The quantitative estimate of drug-likeness (QED) is 0.801. The molecule has 0 saturated heterocycles. The van der Waals surface area contributed by atoms with E-state index in [1.54, 1.807) is 24.3 Å². The monoisotopic (exact) mass is 273 g/mol. The van der Waals surface area contributed by atoms with Crippen molar-refractivity contribution in [2.45, 2.75) is 6.54 Å². The Balaban J connectivity index is 1.96. The molecule has 0 fully saturated rings. The molecule has 0 aliphatic heterocycles. The fraction of sp³-hybridized carbons (Fsp3) is 0.133. The summed E-state index contributed by atoms with van der Waals surface area (Å²) in [6, 6.07) is 13.0. The van der Waals surface area contributed by atoms with Gasteiger partial charge in [0.25, 0.3) is 0 Å². The van der Waals surface area contributed by atoms with Gasteiger partial charge in [0.2, 0.25) is 0 Å². The Morgan fingerprint density at radius 1 is 1.05 bits per heavy atom. The number of urea groups is 1. The maximum Gasteiger partial charge on any atom is 0.323 e. The number of hydrogen-bond acceptors (Lipinski definition) is 2. The molecule has 0 saturated carbocycles. The Bertz CT molecular complexity index is 584. The zero-order valence-corrected chi connectivity index (χ0v) is 11.1. The van der Waals surface area contributed by atoms with E-state index in [1.165, 1.54) is 12.1 Å². The van der Waals surface area contributed by atoms with Gasteiger partial charge in [-0.1, -0.05) is 24.3 Å². The number of hydrogen-bond donors (Lipinski definition) is 3. The molecular weight excluding hydrogens is 257 g/mol. The second-order valence-corrected chi connectivity index (χ2v) is 4.29. The summed E-state index contributed by atoms with van der Waals surface area (Å²) >= 11 is 0. The zero-order valence-electron chi connectivity index (χ0n) is 11.1. The first-order valence-corrected chi connectivity index (χ1v) is 6.25. The van der Waals surface area contributed by atoms with Crippen LogP contribution in [-0.2, 0) is 6.54 Å². The molecule has 2 rings (SSSR count). The third kappa shape index (κ3) is 3.80. The highest BCUT2D eigenvalue weighted by atomic mass is 19.1. The minimum Gasteiger partial charge on any atom is -0.316 e. The average molecular weight is 273 g/mol. The summed E-state index contributed by atoms with van der Waals surface area (Å²) < 4.78 is 13.4. The average Bonchev–Trinajstić information content (AvgIpc) is 2.44. The summed E-state index contributed by atoms with van der Waals surface area (Å²) in [5.74, 6) is -0.466. The molecule has 0 aliphatic carbocycles. The van der Waals surface area contributed by atoms with E-state index in [2.05, 4.69) is 16.0 Å². The molecule has 0 heterocycles. The molecule has 3 N–H and O–H groups in total. The van der Waals surface area contributed by atoms with Crippen LogP contribution in [0.1, 0.15) is 5.56 Å². The van der Waals surface area contributed by atoms with E-state index in [-0.39, 0.29) is 5.69 Å².